The molecule has 1 unspecified atom stereocenters. The van der Waals surface area contributed by atoms with Crippen molar-refractivity contribution >= 4 is 11.7 Å². The molecule has 13 nitrogen and oxygen atoms in total. The highest BCUT2D eigenvalue weighted by atomic mass is 16.8. The van der Waals surface area contributed by atoms with Crippen LogP contribution in [0.5, 0.6) is 11.5 Å². The first kappa shape index (κ1) is 36.7. The van der Waals surface area contributed by atoms with Crippen LogP contribution >= 0.6 is 0 Å². The number of carbonyl (C=O) groups is 1. The quantitative estimate of drug-likeness (QED) is 0.101. The second-order valence-electron chi connectivity index (χ2n) is 13.6. The Morgan fingerprint density at radius 1 is 1.10 bits per heavy atom. The molecule has 6 rings (SSSR count). The summed E-state index contributed by atoms with van der Waals surface area (Å²) >= 11 is 0. The van der Waals surface area contributed by atoms with Crippen molar-refractivity contribution in [2.24, 2.45) is 22.9 Å². The van der Waals surface area contributed by atoms with Gasteiger partial charge < -0.3 is 39.1 Å². The summed E-state index contributed by atoms with van der Waals surface area (Å²) in [6.07, 6.45) is 13.8. The molecule has 1 saturated carbocycles. The molecule has 0 radical (unpaired) electrons. The summed E-state index contributed by atoms with van der Waals surface area (Å²) in [6, 6.07) is 4.94. The first-order valence-corrected chi connectivity index (χ1v) is 18.2. The highest BCUT2D eigenvalue weighted by molar-refractivity contribution is 6.02. The monoisotopic (exact) mass is 706 g/mol. The number of nitrogens with zero attached hydrogens (tertiary/aromatic N) is 4. The fraction of sp³-hybridized carbons (Fsp3) is 0.579. The summed E-state index contributed by atoms with van der Waals surface area (Å²) in [5.41, 5.74) is 2.38. The van der Waals surface area contributed by atoms with Crippen LogP contribution in [0, 0.1) is 17.8 Å². The van der Waals surface area contributed by atoms with Crippen molar-refractivity contribution in [2.75, 3.05) is 33.0 Å². The van der Waals surface area contributed by atoms with E-state index in [1.165, 1.54) is 10.9 Å². The van der Waals surface area contributed by atoms with E-state index in [4.69, 9.17) is 28.9 Å². The van der Waals surface area contributed by atoms with E-state index >= 15 is 0 Å². The number of aliphatic hydroxyl groups is 2. The Balaban J connectivity index is 1.59. The van der Waals surface area contributed by atoms with Gasteiger partial charge >= 0.3 is 5.97 Å². The van der Waals surface area contributed by atoms with Crippen LogP contribution in [-0.4, -0.2) is 87.1 Å². The molecule has 51 heavy (non-hydrogen) atoms. The Labute approximate surface area is 298 Å². The third-order valence-electron chi connectivity index (χ3n) is 10.5. The maximum atomic E-state index is 12.6. The van der Waals surface area contributed by atoms with E-state index < -0.39 is 30.0 Å². The predicted octanol–water partition coefficient (Wildman–Crippen LogP) is 5.57. The summed E-state index contributed by atoms with van der Waals surface area (Å²) in [6.45, 7) is 8.98. The molecule has 1 saturated heterocycles. The van der Waals surface area contributed by atoms with E-state index in [-0.39, 0.29) is 49.7 Å². The lowest BCUT2D eigenvalue weighted by molar-refractivity contribution is -0.252. The zero-order chi connectivity index (χ0) is 35.8. The second-order valence-corrected chi connectivity index (χ2v) is 13.6. The molecule has 3 heterocycles. The number of benzene rings is 1. The lowest BCUT2D eigenvalue weighted by atomic mass is 9.55. The summed E-state index contributed by atoms with van der Waals surface area (Å²) < 4.78 is 27.2. The first-order chi connectivity index (χ1) is 24.9. The first-order valence-electron chi connectivity index (χ1n) is 18.2. The third-order valence-corrected chi connectivity index (χ3v) is 10.5. The molecule has 0 spiro atoms. The largest absolute Gasteiger partial charge is 0.490 e. The molecular formula is C38H50N4O9. The normalized spacial score (nSPS) is 28.9. The van der Waals surface area contributed by atoms with E-state index in [1.54, 1.807) is 12.2 Å². The van der Waals surface area contributed by atoms with E-state index in [2.05, 4.69) is 29.5 Å². The minimum Gasteiger partial charge on any atom is -0.490 e. The summed E-state index contributed by atoms with van der Waals surface area (Å²) in [5, 5.41) is 42.9. The number of aliphatic hydroxyl groups excluding tert-OH is 2. The molecule has 0 bridgehead atoms. The molecule has 2 aliphatic heterocycles. The Bertz CT molecular complexity index is 1580. The van der Waals surface area contributed by atoms with Crippen molar-refractivity contribution in [2.45, 2.75) is 88.2 Å². The second kappa shape index (κ2) is 17.0. The average molecular weight is 707 g/mol. The average Bonchev–Trinajstić information content (AvgIpc) is 3.64. The van der Waals surface area contributed by atoms with Gasteiger partial charge in [0.25, 0.3) is 0 Å². The Morgan fingerprint density at radius 2 is 1.90 bits per heavy atom. The van der Waals surface area contributed by atoms with E-state index in [0.717, 1.165) is 49.7 Å². The van der Waals surface area contributed by atoms with Gasteiger partial charge in [0.05, 0.1) is 31.0 Å². The van der Waals surface area contributed by atoms with E-state index in [9.17, 15) is 20.1 Å². The van der Waals surface area contributed by atoms with Gasteiger partial charge in [-0.1, -0.05) is 48.0 Å². The lowest BCUT2D eigenvalue weighted by Gasteiger charge is -2.58. The maximum absolute atomic E-state index is 12.6. The number of fused-ring (bicyclic) bond motifs is 2. The van der Waals surface area contributed by atoms with Gasteiger partial charge in [0.15, 0.2) is 5.69 Å². The highest BCUT2D eigenvalue weighted by Crippen LogP contribution is 2.63. The van der Waals surface area contributed by atoms with Crippen LogP contribution in [0.2, 0.25) is 0 Å². The molecule has 2 fully saturated rings. The van der Waals surface area contributed by atoms with Crippen molar-refractivity contribution in [3.8, 4) is 11.5 Å². The molecule has 4 aliphatic rings. The van der Waals surface area contributed by atoms with Gasteiger partial charge in [-0.2, -0.15) is 0 Å². The summed E-state index contributed by atoms with van der Waals surface area (Å²) in [5.74, 6) is -1.93. The third kappa shape index (κ3) is 7.62. The number of unbranched alkanes of at least 4 members (excludes halogenated alkanes) is 2. The van der Waals surface area contributed by atoms with Gasteiger partial charge in [-0.25, -0.2) is 9.48 Å². The minimum absolute atomic E-state index is 0.0605. The molecule has 2 aliphatic carbocycles. The SMILES string of the molecule is C=CCOc1ccc2c(c1)[C@H]1[C@H](CCCCO)[C@@H](CCCCO)C=C3C(=NOC4CCCCO4)C[C@H](n4nncc4C(=O)O)[C@@](OCC=C)(O2)[C@H]31. The maximum Gasteiger partial charge on any atom is 0.355 e. The molecule has 13 heteroatoms. The Hall–Kier alpha value is -4.04. The van der Waals surface area contributed by atoms with Gasteiger partial charge in [0, 0.05) is 37.5 Å². The number of oxime groups is 1. The number of hydrogen-bond donors (Lipinski definition) is 3. The predicted molar refractivity (Wildman–Crippen MR) is 188 cm³/mol. The van der Waals surface area contributed by atoms with Crippen LogP contribution in [0.15, 0.2) is 66.5 Å². The number of aromatic carboxylic acids is 1. The van der Waals surface area contributed by atoms with Gasteiger partial charge in [0.2, 0.25) is 12.1 Å². The molecule has 276 valence electrons. The van der Waals surface area contributed by atoms with Crippen LogP contribution < -0.4 is 9.47 Å². The molecule has 2 aromatic rings. The van der Waals surface area contributed by atoms with Crippen molar-refractivity contribution < 1.29 is 43.9 Å². The number of ether oxygens (including phenoxy) is 4. The highest BCUT2D eigenvalue weighted by Gasteiger charge is 2.65. The molecule has 0 amide bonds. The fourth-order valence-electron chi connectivity index (χ4n) is 8.37. The van der Waals surface area contributed by atoms with Crippen molar-refractivity contribution in [1.82, 2.24) is 15.0 Å². The van der Waals surface area contributed by atoms with Crippen molar-refractivity contribution in [1.29, 1.82) is 0 Å². The van der Waals surface area contributed by atoms with Gasteiger partial charge in [-0.05, 0) is 74.1 Å². The molecular weight excluding hydrogens is 656 g/mol. The topological polar surface area (TPSA) is 167 Å². The van der Waals surface area contributed by atoms with E-state index in [1.807, 2.05) is 18.2 Å². The number of carboxylic acid groups (broad SMARTS) is 1. The molecule has 3 N–H and O–H groups in total. The van der Waals surface area contributed by atoms with Gasteiger partial charge in [-0.15, -0.1) is 11.7 Å². The lowest BCUT2D eigenvalue weighted by Crippen LogP contribution is -2.63. The van der Waals surface area contributed by atoms with Crippen molar-refractivity contribution in [3.05, 3.63) is 72.6 Å². The van der Waals surface area contributed by atoms with Crippen LogP contribution in [-0.2, 0) is 14.3 Å². The Morgan fingerprint density at radius 3 is 2.63 bits per heavy atom. The number of rotatable bonds is 18. The standard InChI is InChI=1S/C38H50N4O9/c1-3-18-47-26-14-15-32-29(22-26)35-27(12-6-9-17-44)25(11-5-8-16-43)21-28-30(40-51-34-13-7-10-20-48-34)23-33(42-31(37(45)46)24-39-41-42)38(50-32,36(28)35)49-19-4-2/h3-4,14-15,21-22,24-25,27,33-36,43-44H,1-2,5-13,16-20,23H2,(H,45,46)/t25-,27+,33-,34?,35+,36+,38+/m0/s1. The molecule has 1 aromatic carbocycles. The zero-order valence-electron chi connectivity index (χ0n) is 29.1. The van der Waals surface area contributed by atoms with Crippen LogP contribution in [0.25, 0.3) is 0 Å². The van der Waals surface area contributed by atoms with Crippen LogP contribution in [0.4, 0.5) is 0 Å². The summed E-state index contributed by atoms with van der Waals surface area (Å²) in [4.78, 5) is 18.7. The molecule has 1 aromatic heterocycles. The number of carboxylic acids is 1. The minimum atomic E-state index is -1.45. The number of hydrogen-bond acceptors (Lipinski definition) is 11. The summed E-state index contributed by atoms with van der Waals surface area (Å²) in [7, 11) is 0. The van der Waals surface area contributed by atoms with Crippen LogP contribution in [0.3, 0.4) is 0 Å². The Kier molecular flexibility index (Phi) is 12.2. The van der Waals surface area contributed by atoms with Gasteiger partial charge in [-0.3, -0.25) is 0 Å². The smallest absolute Gasteiger partial charge is 0.355 e. The van der Waals surface area contributed by atoms with Gasteiger partial charge in [0.1, 0.15) is 24.1 Å². The molecule has 7 atom stereocenters. The van der Waals surface area contributed by atoms with Crippen LogP contribution in [0.1, 0.15) is 92.2 Å². The number of allylic oxidation sites excluding steroid dienone is 1. The van der Waals surface area contributed by atoms with E-state index in [0.29, 0.717) is 49.7 Å². The number of aromatic nitrogens is 3. The van der Waals surface area contributed by atoms with Crippen molar-refractivity contribution in [3.63, 3.8) is 0 Å². The zero-order valence-corrected chi connectivity index (χ0v) is 29.1. The fourth-order valence-corrected chi connectivity index (χ4v) is 8.37.